The molecule has 0 aliphatic rings. The standard InChI is InChI=1S/C30H30I2N2O4/c1-29(2,3)37-27(35)33-25-21(31)15-17-11-7-9-13-19(17)23(25)24-20-14-10-8-12-18(20)16-22(32)26(24)34-28(36)38-30(4,5)6/h7-16H,1-6H3,(H,33,35)(H,34,36). The van der Waals surface area contributed by atoms with Crippen molar-refractivity contribution in [1.82, 2.24) is 0 Å². The Balaban J connectivity index is 2.06. The van der Waals surface area contributed by atoms with Gasteiger partial charge in [-0.1, -0.05) is 48.5 Å². The van der Waals surface area contributed by atoms with Crippen LogP contribution in [-0.2, 0) is 9.47 Å². The molecule has 6 nitrogen and oxygen atoms in total. The van der Waals surface area contributed by atoms with Gasteiger partial charge in [0.1, 0.15) is 11.2 Å². The topological polar surface area (TPSA) is 76.7 Å². The predicted molar refractivity (Wildman–Crippen MR) is 172 cm³/mol. The number of carbonyl (C=O) groups is 2. The van der Waals surface area contributed by atoms with E-state index in [0.29, 0.717) is 11.4 Å². The van der Waals surface area contributed by atoms with Gasteiger partial charge in [0.05, 0.1) is 11.4 Å². The van der Waals surface area contributed by atoms with Gasteiger partial charge in [0.2, 0.25) is 0 Å². The second-order valence-electron chi connectivity index (χ2n) is 10.9. The summed E-state index contributed by atoms with van der Waals surface area (Å²) in [6.45, 7) is 11.0. The summed E-state index contributed by atoms with van der Waals surface area (Å²) < 4.78 is 12.9. The van der Waals surface area contributed by atoms with Crippen LogP contribution < -0.4 is 10.6 Å². The maximum atomic E-state index is 13.0. The van der Waals surface area contributed by atoms with E-state index < -0.39 is 23.4 Å². The SMILES string of the molecule is CC(C)(C)OC(=O)Nc1c(I)cc2ccccc2c1-c1c(NC(=O)OC(C)(C)C)c(I)cc2ccccc12. The maximum absolute atomic E-state index is 13.0. The van der Waals surface area contributed by atoms with Crippen LogP contribution in [0.15, 0.2) is 60.7 Å². The Morgan fingerprint density at radius 2 is 0.974 bits per heavy atom. The highest BCUT2D eigenvalue weighted by Gasteiger charge is 2.26. The summed E-state index contributed by atoms with van der Waals surface area (Å²) in [5.74, 6) is 0. The van der Waals surface area contributed by atoms with E-state index >= 15 is 0 Å². The molecule has 0 aliphatic heterocycles. The number of ether oxygens (including phenoxy) is 2. The van der Waals surface area contributed by atoms with Crippen LogP contribution in [0.3, 0.4) is 0 Å². The molecule has 8 heteroatoms. The number of rotatable bonds is 3. The Bertz CT molecular complexity index is 1440. The van der Waals surface area contributed by atoms with Gasteiger partial charge in [0.15, 0.2) is 0 Å². The maximum Gasteiger partial charge on any atom is 0.412 e. The van der Waals surface area contributed by atoms with Gasteiger partial charge in [0.25, 0.3) is 0 Å². The van der Waals surface area contributed by atoms with E-state index in [0.717, 1.165) is 39.8 Å². The molecule has 0 fully saturated rings. The summed E-state index contributed by atoms with van der Waals surface area (Å²) in [5, 5.41) is 9.90. The number of amides is 2. The second-order valence-corrected chi connectivity index (χ2v) is 13.2. The van der Waals surface area contributed by atoms with Crippen molar-refractivity contribution >= 4 is 90.3 Å². The summed E-state index contributed by atoms with van der Waals surface area (Å²) in [6, 6.07) is 20.1. The van der Waals surface area contributed by atoms with Crippen molar-refractivity contribution in [3.8, 4) is 11.1 Å². The Morgan fingerprint density at radius 3 is 1.32 bits per heavy atom. The van der Waals surface area contributed by atoms with Gasteiger partial charge >= 0.3 is 12.2 Å². The number of hydrogen-bond donors (Lipinski definition) is 2. The Morgan fingerprint density at radius 1 is 0.632 bits per heavy atom. The third kappa shape index (κ3) is 6.51. The number of nitrogens with one attached hydrogen (secondary N) is 2. The number of carbonyl (C=O) groups excluding carboxylic acids is 2. The van der Waals surface area contributed by atoms with Gasteiger partial charge in [0, 0.05) is 18.3 Å². The molecule has 0 saturated heterocycles. The summed E-state index contributed by atoms with van der Waals surface area (Å²) in [5.41, 5.74) is 1.48. The monoisotopic (exact) mass is 736 g/mol. The van der Waals surface area contributed by atoms with Gasteiger partial charge in [-0.15, -0.1) is 0 Å². The molecule has 0 aliphatic carbocycles. The molecule has 4 aromatic carbocycles. The van der Waals surface area contributed by atoms with Gasteiger partial charge in [-0.25, -0.2) is 9.59 Å². The zero-order chi connectivity index (χ0) is 27.8. The molecular weight excluding hydrogens is 706 g/mol. The van der Waals surface area contributed by atoms with Crippen LogP contribution in [0.25, 0.3) is 32.7 Å². The van der Waals surface area contributed by atoms with Gasteiger partial charge in [-0.3, -0.25) is 10.6 Å². The van der Waals surface area contributed by atoms with Crippen LogP contribution in [0.4, 0.5) is 21.0 Å². The van der Waals surface area contributed by atoms with Gasteiger partial charge in [-0.05, 0) is 120 Å². The van der Waals surface area contributed by atoms with Crippen molar-refractivity contribution in [2.24, 2.45) is 0 Å². The molecule has 4 aromatic rings. The Kier molecular flexibility index (Phi) is 8.13. The molecule has 2 N–H and O–H groups in total. The molecule has 0 saturated carbocycles. The Hall–Kier alpha value is -2.60. The van der Waals surface area contributed by atoms with Crippen LogP contribution in [0.5, 0.6) is 0 Å². The lowest BCUT2D eigenvalue weighted by Crippen LogP contribution is -2.28. The third-order valence-corrected chi connectivity index (χ3v) is 7.21. The van der Waals surface area contributed by atoms with E-state index in [1.54, 1.807) is 0 Å². The summed E-state index contributed by atoms with van der Waals surface area (Å²) in [7, 11) is 0. The lowest BCUT2D eigenvalue weighted by molar-refractivity contribution is 0.0624. The van der Waals surface area contributed by atoms with E-state index in [2.05, 4.69) is 55.8 Å². The predicted octanol–water partition coefficient (Wildman–Crippen LogP) is 9.56. The number of anilines is 2. The average molecular weight is 736 g/mol. The largest absolute Gasteiger partial charge is 0.444 e. The molecule has 2 amide bonds. The number of fused-ring (bicyclic) bond motifs is 2. The first kappa shape index (κ1) is 28.4. The minimum absolute atomic E-state index is 0.552. The van der Waals surface area contributed by atoms with Crippen molar-refractivity contribution in [1.29, 1.82) is 0 Å². The van der Waals surface area contributed by atoms with Crippen LogP contribution in [-0.4, -0.2) is 23.4 Å². The van der Waals surface area contributed by atoms with Gasteiger partial charge < -0.3 is 9.47 Å². The molecule has 0 aromatic heterocycles. The van der Waals surface area contributed by atoms with E-state index in [1.807, 2.05) is 102 Å². The molecule has 0 unspecified atom stereocenters. The van der Waals surface area contributed by atoms with E-state index in [-0.39, 0.29) is 0 Å². The fourth-order valence-corrected chi connectivity index (χ4v) is 5.68. The van der Waals surface area contributed by atoms with Crippen molar-refractivity contribution in [3.63, 3.8) is 0 Å². The van der Waals surface area contributed by atoms with Crippen molar-refractivity contribution in [3.05, 3.63) is 67.8 Å². The summed E-state index contributed by atoms with van der Waals surface area (Å²) in [4.78, 5) is 26.0. The lowest BCUT2D eigenvalue weighted by Gasteiger charge is -2.25. The fourth-order valence-electron chi connectivity index (χ4n) is 4.20. The molecule has 0 atom stereocenters. The van der Waals surface area contributed by atoms with Crippen LogP contribution in [0, 0.1) is 7.14 Å². The number of halogens is 2. The van der Waals surface area contributed by atoms with Crippen molar-refractivity contribution in [2.75, 3.05) is 10.6 Å². The molecule has 4 rings (SSSR count). The van der Waals surface area contributed by atoms with Crippen LogP contribution >= 0.6 is 45.2 Å². The number of benzene rings is 4. The molecule has 38 heavy (non-hydrogen) atoms. The normalized spacial score (nSPS) is 11.9. The molecule has 0 spiro atoms. The lowest BCUT2D eigenvalue weighted by atomic mass is 9.91. The van der Waals surface area contributed by atoms with Gasteiger partial charge in [-0.2, -0.15) is 0 Å². The van der Waals surface area contributed by atoms with Crippen LogP contribution in [0.2, 0.25) is 0 Å². The zero-order valence-corrected chi connectivity index (χ0v) is 26.5. The molecular formula is C30H30I2N2O4. The molecule has 0 radical (unpaired) electrons. The van der Waals surface area contributed by atoms with E-state index in [9.17, 15) is 9.59 Å². The van der Waals surface area contributed by atoms with Crippen LogP contribution in [0.1, 0.15) is 41.5 Å². The minimum Gasteiger partial charge on any atom is -0.444 e. The molecule has 0 heterocycles. The minimum atomic E-state index is -0.662. The molecule has 198 valence electrons. The quantitative estimate of drug-likeness (QED) is 0.206. The first-order chi connectivity index (χ1) is 17.7. The third-order valence-electron chi connectivity index (χ3n) is 5.50. The fraction of sp³-hybridized carbons (Fsp3) is 0.267. The zero-order valence-electron chi connectivity index (χ0n) is 22.2. The highest BCUT2D eigenvalue weighted by Crippen LogP contribution is 2.47. The average Bonchev–Trinajstić information content (AvgIpc) is 2.78. The first-order valence-electron chi connectivity index (χ1n) is 12.2. The second kappa shape index (κ2) is 10.9. The Labute approximate surface area is 250 Å². The van der Waals surface area contributed by atoms with E-state index in [4.69, 9.17) is 9.47 Å². The molecule has 0 bridgehead atoms. The van der Waals surface area contributed by atoms with E-state index in [1.165, 1.54) is 0 Å². The smallest absolute Gasteiger partial charge is 0.412 e. The highest BCUT2D eigenvalue weighted by atomic mass is 127. The first-order valence-corrected chi connectivity index (χ1v) is 14.3. The van der Waals surface area contributed by atoms with Crippen molar-refractivity contribution < 1.29 is 19.1 Å². The summed E-state index contributed by atoms with van der Waals surface area (Å²) >= 11 is 4.47. The summed E-state index contributed by atoms with van der Waals surface area (Å²) in [6.07, 6.45) is -1.10. The number of hydrogen-bond acceptors (Lipinski definition) is 4. The highest BCUT2D eigenvalue weighted by molar-refractivity contribution is 14.1. The van der Waals surface area contributed by atoms with Crippen molar-refractivity contribution in [2.45, 2.75) is 52.7 Å².